The first-order chi connectivity index (χ1) is 9.73. The quantitative estimate of drug-likeness (QED) is 0.510. The molecule has 0 heterocycles. The maximum Gasteiger partial charge on any atom is 0.411 e. The van der Waals surface area contributed by atoms with Crippen LogP contribution in [-0.4, -0.2) is 25.7 Å². The molecule has 0 atom stereocenters. The molecule has 112 valence electrons. The van der Waals surface area contributed by atoms with Gasteiger partial charge in [-0.15, -0.1) is 0 Å². The number of nitriles is 1. The number of hydrogen-bond donors (Lipinski definition) is 1. The maximum atomic E-state index is 11.6. The number of amides is 1. The lowest BCUT2D eigenvalue weighted by molar-refractivity contribution is -0.383. The zero-order chi connectivity index (χ0) is 16.0. The molecule has 0 aliphatic heterocycles. The molecule has 1 amide bonds. The van der Waals surface area contributed by atoms with Gasteiger partial charge in [-0.2, -0.15) is 5.26 Å². The largest absolute Gasteiger partial charge is 0.450 e. The van der Waals surface area contributed by atoms with Crippen molar-refractivity contribution in [2.24, 2.45) is 0 Å². The van der Waals surface area contributed by atoms with Crippen molar-refractivity contribution in [2.45, 2.75) is 25.7 Å². The summed E-state index contributed by atoms with van der Waals surface area (Å²) in [4.78, 5) is 21.9. The number of benzene rings is 1. The van der Waals surface area contributed by atoms with E-state index in [1.54, 1.807) is 0 Å². The Morgan fingerprint density at radius 3 is 2.67 bits per heavy atom. The van der Waals surface area contributed by atoms with Gasteiger partial charge in [0, 0.05) is 14.1 Å². The number of ether oxygens (including phenoxy) is 1. The Labute approximate surface area is 123 Å². The fourth-order valence-corrected chi connectivity index (χ4v) is 2.17. The second-order valence-corrected chi connectivity index (χ2v) is 11.3. The van der Waals surface area contributed by atoms with Crippen LogP contribution in [-0.2, 0) is 4.74 Å². The van der Waals surface area contributed by atoms with Crippen molar-refractivity contribution in [1.82, 2.24) is 0 Å². The monoisotopic (exact) mass is 307 g/mol. The third-order valence-electron chi connectivity index (χ3n) is 2.65. The van der Waals surface area contributed by atoms with E-state index in [9.17, 15) is 14.9 Å². The highest BCUT2D eigenvalue weighted by atomic mass is 28.3. The van der Waals surface area contributed by atoms with Crippen LogP contribution in [0, 0.1) is 21.4 Å². The van der Waals surface area contributed by atoms with Gasteiger partial charge in [0.05, 0.1) is 23.2 Å². The molecule has 21 heavy (non-hydrogen) atoms. The number of carbonyl (C=O) groups excluding carboxylic acids is 1. The SMILES string of the molecule is C[Si](C)(C)CCOC(=O)Nc1ccc(C#N)cc1[N+](=O)[O-]. The highest BCUT2D eigenvalue weighted by Crippen LogP contribution is 2.25. The maximum absolute atomic E-state index is 11.6. The Bertz CT molecular complexity index is 590. The van der Waals surface area contributed by atoms with Crippen LogP contribution in [0.25, 0.3) is 0 Å². The van der Waals surface area contributed by atoms with Crippen LogP contribution >= 0.6 is 0 Å². The van der Waals surface area contributed by atoms with E-state index >= 15 is 0 Å². The normalized spacial score (nSPS) is 10.6. The van der Waals surface area contributed by atoms with Gasteiger partial charge in [0.15, 0.2) is 0 Å². The van der Waals surface area contributed by atoms with Gasteiger partial charge in [-0.1, -0.05) is 19.6 Å². The van der Waals surface area contributed by atoms with E-state index in [1.807, 2.05) is 6.07 Å². The van der Waals surface area contributed by atoms with E-state index < -0.39 is 19.1 Å². The van der Waals surface area contributed by atoms with Crippen molar-refractivity contribution in [3.63, 3.8) is 0 Å². The first-order valence-electron chi connectivity index (χ1n) is 6.35. The van der Waals surface area contributed by atoms with Gasteiger partial charge in [0.1, 0.15) is 5.69 Å². The van der Waals surface area contributed by atoms with Gasteiger partial charge in [-0.3, -0.25) is 15.4 Å². The fourth-order valence-electron chi connectivity index (χ4n) is 1.45. The predicted octanol–water partition coefficient (Wildman–Crippen LogP) is 3.35. The number of nitrogens with zero attached hydrogens (tertiary/aromatic N) is 2. The summed E-state index contributed by atoms with van der Waals surface area (Å²) >= 11 is 0. The van der Waals surface area contributed by atoms with E-state index in [-0.39, 0.29) is 23.5 Å². The van der Waals surface area contributed by atoms with Crippen LogP contribution < -0.4 is 5.32 Å². The molecule has 0 saturated heterocycles. The highest BCUT2D eigenvalue weighted by molar-refractivity contribution is 6.76. The molecule has 0 aliphatic carbocycles. The summed E-state index contributed by atoms with van der Waals surface area (Å²) in [5.41, 5.74) is -0.174. The summed E-state index contributed by atoms with van der Waals surface area (Å²) in [7, 11) is -1.31. The molecule has 0 aliphatic rings. The molecular weight excluding hydrogens is 290 g/mol. The molecule has 0 unspecified atom stereocenters. The number of nitro groups is 1. The minimum absolute atomic E-state index is 0.0111. The van der Waals surface area contributed by atoms with Crippen LogP contribution in [0.1, 0.15) is 5.56 Å². The van der Waals surface area contributed by atoms with Crippen molar-refractivity contribution in [3.8, 4) is 6.07 Å². The van der Waals surface area contributed by atoms with Crippen molar-refractivity contribution in [3.05, 3.63) is 33.9 Å². The highest BCUT2D eigenvalue weighted by Gasteiger charge is 2.18. The minimum Gasteiger partial charge on any atom is -0.450 e. The van der Waals surface area contributed by atoms with Gasteiger partial charge < -0.3 is 4.74 Å². The number of nitrogens with one attached hydrogen (secondary N) is 1. The third kappa shape index (κ3) is 5.62. The number of nitro benzene ring substituents is 1. The molecule has 0 spiro atoms. The van der Waals surface area contributed by atoms with Gasteiger partial charge in [-0.05, 0) is 18.2 Å². The number of rotatable bonds is 5. The Balaban J connectivity index is 2.72. The summed E-state index contributed by atoms with van der Waals surface area (Å²) in [5, 5.41) is 22.0. The number of hydrogen-bond acceptors (Lipinski definition) is 5. The van der Waals surface area contributed by atoms with Crippen LogP contribution in [0.5, 0.6) is 0 Å². The molecule has 8 heteroatoms. The molecule has 0 saturated carbocycles. The Kier molecular flexibility index (Phi) is 5.43. The third-order valence-corrected chi connectivity index (χ3v) is 4.35. The van der Waals surface area contributed by atoms with Crippen molar-refractivity contribution in [1.29, 1.82) is 5.26 Å². The van der Waals surface area contributed by atoms with Crippen LogP contribution in [0.3, 0.4) is 0 Å². The average Bonchev–Trinajstić information content (AvgIpc) is 2.37. The van der Waals surface area contributed by atoms with Crippen LogP contribution in [0.15, 0.2) is 18.2 Å². The van der Waals surface area contributed by atoms with Crippen molar-refractivity contribution >= 4 is 25.5 Å². The summed E-state index contributed by atoms with van der Waals surface area (Å²) in [6.07, 6.45) is -0.735. The lowest BCUT2D eigenvalue weighted by Crippen LogP contribution is -2.24. The molecule has 0 radical (unpaired) electrons. The fraction of sp³-hybridized carbons (Fsp3) is 0.385. The smallest absolute Gasteiger partial charge is 0.411 e. The molecule has 1 rings (SSSR count). The lowest BCUT2D eigenvalue weighted by atomic mass is 10.2. The van der Waals surface area contributed by atoms with Crippen molar-refractivity contribution < 1.29 is 14.5 Å². The second kappa shape index (κ2) is 6.85. The van der Waals surface area contributed by atoms with Gasteiger partial charge >= 0.3 is 6.09 Å². The summed E-state index contributed by atoms with van der Waals surface area (Å²) in [6, 6.07) is 6.44. The molecule has 1 aromatic carbocycles. The Morgan fingerprint density at radius 2 is 2.14 bits per heavy atom. The first-order valence-corrected chi connectivity index (χ1v) is 10.1. The molecule has 0 fully saturated rings. The van der Waals surface area contributed by atoms with E-state index in [0.29, 0.717) is 0 Å². The van der Waals surface area contributed by atoms with Crippen LogP contribution in [0.2, 0.25) is 25.7 Å². The molecular formula is C13H17N3O4Si. The molecule has 1 aromatic rings. The topological polar surface area (TPSA) is 105 Å². The summed E-state index contributed by atoms with van der Waals surface area (Å²) in [6.45, 7) is 6.74. The van der Waals surface area contributed by atoms with E-state index in [2.05, 4.69) is 25.0 Å². The van der Waals surface area contributed by atoms with E-state index in [1.165, 1.54) is 12.1 Å². The average molecular weight is 307 g/mol. The second-order valence-electron chi connectivity index (χ2n) is 5.67. The zero-order valence-electron chi connectivity index (χ0n) is 12.2. The first kappa shape index (κ1) is 16.7. The lowest BCUT2D eigenvalue weighted by Gasteiger charge is -2.15. The van der Waals surface area contributed by atoms with Gasteiger partial charge in [-0.25, -0.2) is 4.79 Å². The van der Waals surface area contributed by atoms with E-state index in [4.69, 9.17) is 10.00 Å². The standard InChI is InChI=1S/C13H17N3O4Si/c1-21(2,3)7-6-20-13(17)15-11-5-4-10(9-14)8-12(11)16(18)19/h4-5,8H,6-7H2,1-3H3,(H,15,17). The molecule has 1 N–H and O–H groups in total. The summed E-state index contributed by atoms with van der Waals surface area (Å²) in [5.74, 6) is 0. The van der Waals surface area contributed by atoms with Gasteiger partial charge in [0.25, 0.3) is 5.69 Å². The molecule has 0 aromatic heterocycles. The Hall–Kier alpha value is -2.40. The van der Waals surface area contributed by atoms with Crippen LogP contribution in [0.4, 0.5) is 16.2 Å². The number of carbonyl (C=O) groups is 1. The molecule has 0 bridgehead atoms. The molecule has 7 nitrogen and oxygen atoms in total. The van der Waals surface area contributed by atoms with E-state index in [0.717, 1.165) is 12.1 Å². The number of anilines is 1. The summed E-state index contributed by atoms with van der Waals surface area (Å²) < 4.78 is 5.01. The van der Waals surface area contributed by atoms with Gasteiger partial charge in [0.2, 0.25) is 0 Å². The Morgan fingerprint density at radius 1 is 1.48 bits per heavy atom. The van der Waals surface area contributed by atoms with Crippen molar-refractivity contribution in [2.75, 3.05) is 11.9 Å². The predicted molar refractivity (Wildman–Crippen MR) is 80.9 cm³/mol. The minimum atomic E-state index is -1.31. The zero-order valence-corrected chi connectivity index (χ0v) is 13.2.